The molecular weight excluding hydrogens is 358 g/mol. The predicted molar refractivity (Wildman–Crippen MR) is 111 cm³/mol. The zero-order chi connectivity index (χ0) is 18.7. The molecule has 0 spiro atoms. The van der Waals surface area contributed by atoms with Crippen LogP contribution >= 0.6 is 7.14 Å². The second-order valence-electron chi connectivity index (χ2n) is 6.33. The molecule has 4 aromatic carbocycles. The van der Waals surface area contributed by atoms with Crippen LogP contribution < -0.4 is 39.9 Å². The monoisotopic (exact) mass is 376 g/mol. The van der Waals surface area contributed by atoms with Crippen molar-refractivity contribution in [3.8, 4) is 16.9 Å². The summed E-state index contributed by atoms with van der Waals surface area (Å²) in [6.07, 6.45) is 0. The average Bonchev–Trinajstić information content (AvgIpc) is 2.75. The molecule has 4 rings (SSSR count). The molecule has 0 fully saturated rings. The summed E-state index contributed by atoms with van der Waals surface area (Å²) in [5, 5.41) is 14.5. The molecule has 0 saturated heterocycles. The van der Waals surface area contributed by atoms with Crippen molar-refractivity contribution in [2.24, 2.45) is 0 Å². The molecule has 0 bridgehead atoms. The van der Waals surface area contributed by atoms with E-state index in [2.05, 4.69) is 0 Å². The van der Waals surface area contributed by atoms with Gasteiger partial charge in [-0.25, -0.2) is 0 Å². The van der Waals surface area contributed by atoms with E-state index in [1.165, 1.54) is 6.07 Å². The van der Waals surface area contributed by atoms with Crippen LogP contribution in [0.15, 0.2) is 109 Å². The van der Waals surface area contributed by atoms with Gasteiger partial charge in [0.1, 0.15) is 0 Å². The Morgan fingerprint density at radius 3 is 1.54 bits per heavy atom. The zero-order valence-corrected chi connectivity index (χ0v) is 16.6. The summed E-state index contributed by atoms with van der Waals surface area (Å²) in [7, 11) is -3.27. The maximum absolute atomic E-state index is 14.4. The summed E-state index contributed by atoms with van der Waals surface area (Å²) in [5.74, 6) is -0.203. The van der Waals surface area contributed by atoms with Gasteiger partial charge >= 0.3 is 18.9 Å². The van der Waals surface area contributed by atoms with Crippen molar-refractivity contribution in [1.82, 2.24) is 0 Å². The van der Waals surface area contributed by atoms with Gasteiger partial charge < -0.3 is 9.67 Å². The van der Waals surface area contributed by atoms with Crippen LogP contribution in [0.1, 0.15) is 0 Å². The molecule has 0 atom stereocenters. The Morgan fingerprint density at radius 1 is 0.571 bits per heavy atom. The number of hydrogen-bond donors (Lipinski definition) is 0. The van der Waals surface area contributed by atoms with E-state index in [-0.39, 0.29) is 24.6 Å². The first-order valence-electron chi connectivity index (χ1n) is 8.78. The summed E-state index contributed by atoms with van der Waals surface area (Å²) >= 11 is 0. The Labute approximate surface area is 177 Å². The van der Waals surface area contributed by atoms with E-state index in [9.17, 15) is 9.67 Å². The Balaban J connectivity index is 0.00000225. The van der Waals surface area contributed by atoms with Crippen molar-refractivity contribution in [3.63, 3.8) is 0 Å². The van der Waals surface area contributed by atoms with Gasteiger partial charge in [0.2, 0.25) is 0 Å². The van der Waals surface area contributed by atoms with Crippen molar-refractivity contribution < 1.29 is 28.5 Å². The van der Waals surface area contributed by atoms with Crippen LogP contribution in [0.4, 0.5) is 0 Å². The molecular formula is C24H18LiO2P. The predicted octanol–water partition coefficient (Wildman–Crippen LogP) is 1.07. The summed E-state index contributed by atoms with van der Waals surface area (Å²) in [5.41, 5.74) is 1.88. The van der Waals surface area contributed by atoms with Gasteiger partial charge in [-0.05, 0) is 17.2 Å². The van der Waals surface area contributed by atoms with Gasteiger partial charge in [0.25, 0.3) is 0 Å². The van der Waals surface area contributed by atoms with Crippen molar-refractivity contribution in [2.75, 3.05) is 0 Å². The first-order chi connectivity index (χ1) is 13.2. The molecule has 4 aromatic rings. The third kappa shape index (κ3) is 3.73. The molecule has 0 aliphatic heterocycles. The molecule has 0 aliphatic rings. The van der Waals surface area contributed by atoms with E-state index in [1.54, 1.807) is 12.1 Å². The van der Waals surface area contributed by atoms with E-state index in [0.717, 1.165) is 11.1 Å². The average molecular weight is 376 g/mol. The smallest absolute Gasteiger partial charge is 0.872 e. The minimum Gasteiger partial charge on any atom is -0.872 e. The van der Waals surface area contributed by atoms with Gasteiger partial charge in [-0.15, -0.1) is 0 Å². The first-order valence-corrected chi connectivity index (χ1v) is 10.5. The molecule has 0 aliphatic carbocycles. The van der Waals surface area contributed by atoms with Crippen molar-refractivity contribution in [1.29, 1.82) is 0 Å². The molecule has 0 N–H and O–H groups in total. The van der Waals surface area contributed by atoms with Crippen LogP contribution in [0.25, 0.3) is 11.1 Å². The molecule has 0 unspecified atom stereocenters. The van der Waals surface area contributed by atoms with Gasteiger partial charge in [0.05, 0.1) is 0 Å². The third-order valence-corrected chi connectivity index (χ3v) is 7.72. The van der Waals surface area contributed by atoms with Gasteiger partial charge in [-0.1, -0.05) is 109 Å². The second kappa shape index (κ2) is 8.68. The number of benzene rings is 4. The standard InChI is InChI=1S/C24H19O2P.Li/c25-23-17-16-20(19-10-4-1-5-11-19)18-24(23)27(26,21-12-6-2-7-13-21)22-14-8-3-9-15-22;/h1-18,25H;/q;+1/p-1. The second-order valence-corrected chi connectivity index (χ2v) is 9.06. The summed E-state index contributed by atoms with van der Waals surface area (Å²) in [4.78, 5) is 0. The molecule has 2 nitrogen and oxygen atoms in total. The Morgan fingerprint density at radius 2 is 1.04 bits per heavy atom. The largest absolute Gasteiger partial charge is 1.00 e. The van der Waals surface area contributed by atoms with E-state index in [1.807, 2.05) is 91.0 Å². The van der Waals surface area contributed by atoms with Crippen LogP contribution in [-0.4, -0.2) is 0 Å². The molecule has 0 radical (unpaired) electrons. The Bertz CT molecular complexity index is 1050. The SMILES string of the molecule is O=P(c1ccccc1)(c1ccccc1)c1cc(-c2ccccc2)ccc1[O-].[Li+]. The molecule has 0 amide bonds. The van der Waals surface area contributed by atoms with E-state index in [4.69, 9.17) is 0 Å². The third-order valence-electron chi connectivity index (χ3n) is 4.64. The summed E-state index contributed by atoms with van der Waals surface area (Å²) in [6.45, 7) is 0. The number of rotatable bonds is 4. The molecule has 0 saturated carbocycles. The molecule has 0 aromatic heterocycles. The van der Waals surface area contributed by atoms with Gasteiger partial charge in [0.15, 0.2) is 7.14 Å². The summed E-state index contributed by atoms with van der Waals surface area (Å²) in [6, 6.07) is 33.5. The van der Waals surface area contributed by atoms with E-state index >= 15 is 0 Å². The first kappa shape index (κ1) is 20.2. The van der Waals surface area contributed by atoms with Crippen molar-refractivity contribution in [3.05, 3.63) is 109 Å². The van der Waals surface area contributed by atoms with Crippen LogP contribution in [0, 0.1) is 0 Å². The van der Waals surface area contributed by atoms with E-state index < -0.39 is 7.14 Å². The quantitative estimate of drug-likeness (QED) is 0.395. The topological polar surface area (TPSA) is 40.1 Å². The Hall–Kier alpha value is -2.49. The van der Waals surface area contributed by atoms with Gasteiger partial charge in [0, 0.05) is 15.9 Å². The van der Waals surface area contributed by atoms with Crippen molar-refractivity contribution >= 4 is 23.1 Å². The Kier molecular flexibility index (Phi) is 6.27. The van der Waals surface area contributed by atoms with Crippen LogP contribution in [0.5, 0.6) is 5.75 Å². The summed E-state index contributed by atoms with van der Waals surface area (Å²) < 4.78 is 14.4. The zero-order valence-electron chi connectivity index (χ0n) is 15.7. The van der Waals surface area contributed by atoms with Crippen LogP contribution in [0.3, 0.4) is 0 Å². The fraction of sp³-hybridized carbons (Fsp3) is 0. The minimum absolute atomic E-state index is 0. The van der Waals surface area contributed by atoms with Crippen molar-refractivity contribution in [2.45, 2.75) is 0 Å². The van der Waals surface area contributed by atoms with E-state index in [0.29, 0.717) is 15.9 Å². The van der Waals surface area contributed by atoms with Crippen LogP contribution in [-0.2, 0) is 4.57 Å². The van der Waals surface area contributed by atoms with Crippen LogP contribution in [0.2, 0.25) is 0 Å². The molecule has 132 valence electrons. The maximum atomic E-state index is 14.4. The van der Waals surface area contributed by atoms with Gasteiger partial charge in [-0.2, -0.15) is 0 Å². The molecule has 28 heavy (non-hydrogen) atoms. The normalized spacial score (nSPS) is 10.9. The number of hydrogen-bond acceptors (Lipinski definition) is 2. The fourth-order valence-corrected chi connectivity index (χ4v) is 6.02. The minimum atomic E-state index is -3.27. The fourth-order valence-electron chi connectivity index (χ4n) is 3.28. The maximum Gasteiger partial charge on any atom is 1.00 e. The molecule has 0 heterocycles. The molecule has 4 heteroatoms. The van der Waals surface area contributed by atoms with Gasteiger partial charge in [-0.3, -0.25) is 0 Å².